The third kappa shape index (κ3) is 4.36. The Morgan fingerprint density at radius 2 is 1.58 bits per heavy atom. The molecule has 1 aromatic heterocycles. The van der Waals surface area contributed by atoms with E-state index in [0.717, 1.165) is 10.6 Å². The van der Waals surface area contributed by atoms with E-state index in [4.69, 9.17) is 9.84 Å². The number of thiazole rings is 1. The molecule has 0 aliphatic heterocycles. The summed E-state index contributed by atoms with van der Waals surface area (Å²) in [5.41, 5.74) is 6.37. The molecule has 164 valence electrons. The van der Waals surface area contributed by atoms with Crippen LogP contribution in [0.1, 0.15) is 38.1 Å². The summed E-state index contributed by atoms with van der Waals surface area (Å²) in [6.07, 6.45) is 0.0269. The van der Waals surface area contributed by atoms with E-state index >= 15 is 0 Å². The Morgan fingerprint density at radius 1 is 0.939 bits per heavy atom. The Morgan fingerprint density at radius 3 is 2.18 bits per heavy atom. The lowest BCUT2D eigenvalue weighted by atomic mass is 9.98. The van der Waals surface area contributed by atoms with Crippen molar-refractivity contribution < 1.29 is 19.4 Å². The van der Waals surface area contributed by atoms with Crippen LogP contribution in [0, 0.1) is 0 Å². The van der Waals surface area contributed by atoms with Crippen molar-refractivity contribution in [2.24, 2.45) is 0 Å². The van der Waals surface area contributed by atoms with Crippen molar-refractivity contribution in [2.75, 3.05) is 11.9 Å². The molecule has 7 heteroatoms. The van der Waals surface area contributed by atoms with Gasteiger partial charge in [-0.05, 0) is 39.9 Å². The summed E-state index contributed by atoms with van der Waals surface area (Å²) in [6, 6.07) is 23.8. The molecule has 2 N–H and O–H groups in total. The van der Waals surface area contributed by atoms with E-state index in [0.29, 0.717) is 12.1 Å². The smallest absolute Gasteiger partial charge is 0.411 e. The Kier molecular flexibility index (Phi) is 5.62. The van der Waals surface area contributed by atoms with E-state index in [1.807, 2.05) is 36.4 Å². The monoisotopic (exact) mass is 456 g/mol. The molecule has 33 heavy (non-hydrogen) atoms. The summed E-state index contributed by atoms with van der Waals surface area (Å²) in [5, 5.41) is 14.0. The first-order valence-corrected chi connectivity index (χ1v) is 11.3. The summed E-state index contributed by atoms with van der Waals surface area (Å²) in [5.74, 6) is -1.01. The maximum absolute atomic E-state index is 12.4. The third-order valence-electron chi connectivity index (χ3n) is 5.67. The van der Waals surface area contributed by atoms with Gasteiger partial charge >= 0.3 is 12.1 Å². The second-order valence-corrected chi connectivity index (χ2v) is 8.70. The van der Waals surface area contributed by atoms with Crippen LogP contribution in [-0.2, 0) is 11.2 Å². The second kappa shape index (κ2) is 8.88. The van der Waals surface area contributed by atoms with Crippen molar-refractivity contribution >= 4 is 29.1 Å². The molecule has 6 nitrogen and oxygen atoms in total. The molecule has 1 amide bonds. The standard InChI is InChI=1S/C26H20N2O4S/c29-25(30)23-15-33-24(28-23)13-16-9-11-17(12-10-16)27-26(31)32-14-22-20-7-3-1-5-18(20)19-6-2-4-8-21(19)22/h1-12,15,22H,13-14H2,(H,27,31)(H,29,30). The zero-order chi connectivity index (χ0) is 22.8. The molecule has 3 aromatic carbocycles. The highest BCUT2D eigenvalue weighted by atomic mass is 32.1. The average Bonchev–Trinajstić information content (AvgIpc) is 3.42. The maximum Gasteiger partial charge on any atom is 0.411 e. The van der Waals surface area contributed by atoms with Gasteiger partial charge in [0.05, 0.1) is 5.01 Å². The number of anilines is 1. The van der Waals surface area contributed by atoms with Crippen LogP contribution < -0.4 is 5.32 Å². The molecule has 0 unspecified atom stereocenters. The predicted molar refractivity (Wildman–Crippen MR) is 127 cm³/mol. The zero-order valence-electron chi connectivity index (χ0n) is 17.5. The number of carbonyl (C=O) groups is 2. The van der Waals surface area contributed by atoms with Gasteiger partial charge in [-0.3, -0.25) is 5.32 Å². The number of carbonyl (C=O) groups excluding carboxylic acids is 1. The molecule has 0 saturated heterocycles. The largest absolute Gasteiger partial charge is 0.476 e. The van der Waals surface area contributed by atoms with E-state index in [1.54, 1.807) is 12.1 Å². The number of nitrogens with one attached hydrogen (secondary N) is 1. The van der Waals surface area contributed by atoms with Crippen molar-refractivity contribution in [1.29, 1.82) is 0 Å². The van der Waals surface area contributed by atoms with Gasteiger partial charge in [-0.2, -0.15) is 0 Å². The molecule has 0 bridgehead atoms. The number of carboxylic acids is 1. The van der Waals surface area contributed by atoms with E-state index in [2.05, 4.69) is 34.6 Å². The fourth-order valence-corrected chi connectivity index (χ4v) is 4.93. The Balaban J connectivity index is 1.20. The lowest BCUT2D eigenvalue weighted by Gasteiger charge is -2.14. The van der Waals surface area contributed by atoms with Crippen molar-refractivity contribution in [3.05, 3.63) is 106 Å². The minimum atomic E-state index is -1.03. The number of fused-ring (bicyclic) bond motifs is 3. The summed E-state index contributed by atoms with van der Waals surface area (Å²) >= 11 is 1.31. The molecule has 1 aliphatic rings. The fourth-order valence-electron chi connectivity index (χ4n) is 4.12. The van der Waals surface area contributed by atoms with Crippen LogP contribution in [0.25, 0.3) is 11.1 Å². The van der Waals surface area contributed by atoms with E-state index in [-0.39, 0.29) is 18.2 Å². The SMILES string of the molecule is O=C(Nc1ccc(Cc2nc(C(=O)O)cs2)cc1)OCC1c2ccccc2-c2ccccc21. The molecule has 1 aliphatic carbocycles. The number of carboxylic acid groups (broad SMARTS) is 1. The number of rotatable bonds is 6. The number of amides is 1. The fraction of sp³-hybridized carbons (Fsp3) is 0.115. The minimum Gasteiger partial charge on any atom is -0.476 e. The number of hydrogen-bond donors (Lipinski definition) is 2. The highest BCUT2D eigenvalue weighted by Crippen LogP contribution is 2.44. The molecule has 0 atom stereocenters. The van der Waals surface area contributed by atoms with Gasteiger partial charge in [0.15, 0.2) is 5.69 Å². The van der Waals surface area contributed by atoms with Gasteiger partial charge < -0.3 is 9.84 Å². The number of benzene rings is 3. The van der Waals surface area contributed by atoms with Gasteiger partial charge in [-0.25, -0.2) is 14.6 Å². The molecule has 0 fully saturated rings. The van der Waals surface area contributed by atoms with Crippen LogP contribution in [0.4, 0.5) is 10.5 Å². The first-order chi connectivity index (χ1) is 16.1. The molecular weight excluding hydrogens is 436 g/mol. The van der Waals surface area contributed by atoms with E-state index in [1.165, 1.54) is 39.0 Å². The Bertz CT molecular complexity index is 1280. The average molecular weight is 457 g/mol. The molecular formula is C26H20N2O4S. The van der Waals surface area contributed by atoms with Crippen molar-refractivity contribution in [2.45, 2.75) is 12.3 Å². The van der Waals surface area contributed by atoms with Gasteiger partial charge in [-0.1, -0.05) is 60.7 Å². The summed E-state index contributed by atoms with van der Waals surface area (Å²) in [7, 11) is 0. The van der Waals surface area contributed by atoms with E-state index < -0.39 is 12.1 Å². The van der Waals surface area contributed by atoms with Crippen LogP contribution in [-0.4, -0.2) is 28.8 Å². The lowest BCUT2D eigenvalue weighted by Crippen LogP contribution is -2.17. The number of nitrogens with zero attached hydrogens (tertiary/aromatic N) is 1. The Hall–Kier alpha value is -3.97. The molecule has 0 radical (unpaired) electrons. The van der Waals surface area contributed by atoms with Gasteiger partial charge in [0.1, 0.15) is 6.61 Å². The maximum atomic E-state index is 12.4. The van der Waals surface area contributed by atoms with Crippen LogP contribution in [0.2, 0.25) is 0 Å². The third-order valence-corrected chi connectivity index (χ3v) is 6.52. The number of aromatic nitrogens is 1. The normalized spacial score (nSPS) is 12.1. The quantitative estimate of drug-likeness (QED) is 0.383. The summed E-state index contributed by atoms with van der Waals surface area (Å²) < 4.78 is 5.58. The van der Waals surface area contributed by atoms with Crippen LogP contribution >= 0.6 is 11.3 Å². The van der Waals surface area contributed by atoms with Gasteiger partial charge in [0.2, 0.25) is 0 Å². The Labute approximate surface area is 194 Å². The number of aromatic carboxylic acids is 1. The minimum absolute atomic E-state index is 0.0134. The van der Waals surface area contributed by atoms with Crippen LogP contribution in [0.3, 0.4) is 0 Å². The van der Waals surface area contributed by atoms with E-state index in [9.17, 15) is 9.59 Å². The van der Waals surface area contributed by atoms with Gasteiger partial charge in [0, 0.05) is 23.4 Å². The first-order valence-electron chi connectivity index (χ1n) is 10.5. The molecule has 1 heterocycles. The number of hydrogen-bond acceptors (Lipinski definition) is 5. The highest BCUT2D eigenvalue weighted by molar-refractivity contribution is 7.09. The van der Waals surface area contributed by atoms with Crippen molar-refractivity contribution in [1.82, 2.24) is 4.98 Å². The first kappa shape index (κ1) is 20.9. The highest BCUT2D eigenvalue weighted by Gasteiger charge is 2.29. The molecule has 0 saturated carbocycles. The van der Waals surface area contributed by atoms with Crippen molar-refractivity contribution in [3.63, 3.8) is 0 Å². The lowest BCUT2D eigenvalue weighted by molar-refractivity contribution is 0.0691. The molecule has 0 spiro atoms. The zero-order valence-corrected chi connectivity index (χ0v) is 18.3. The van der Waals surface area contributed by atoms with Crippen LogP contribution in [0.15, 0.2) is 78.2 Å². The number of ether oxygens (including phenoxy) is 1. The predicted octanol–water partition coefficient (Wildman–Crippen LogP) is 5.79. The molecule has 5 rings (SSSR count). The topological polar surface area (TPSA) is 88.5 Å². The van der Waals surface area contributed by atoms with Gasteiger partial charge in [-0.15, -0.1) is 11.3 Å². The van der Waals surface area contributed by atoms with Gasteiger partial charge in [0.25, 0.3) is 0 Å². The molecule has 4 aromatic rings. The van der Waals surface area contributed by atoms with Crippen LogP contribution in [0.5, 0.6) is 0 Å². The summed E-state index contributed by atoms with van der Waals surface area (Å²) in [6.45, 7) is 0.258. The summed E-state index contributed by atoms with van der Waals surface area (Å²) in [4.78, 5) is 27.5. The van der Waals surface area contributed by atoms with Crippen molar-refractivity contribution in [3.8, 4) is 11.1 Å². The second-order valence-electron chi connectivity index (χ2n) is 7.76.